The monoisotopic (exact) mass is 957 g/mol. The zero-order valence-corrected chi connectivity index (χ0v) is 41.8. The molecule has 6 aromatic rings. The Morgan fingerprint density at radius 2 is 1.61 bits per heavy atom. The van der Waals surface area contributed by atoms with E-state index in [1.807, 2.05) is 94.9 Å². The van der Waals surface area contributed by atoms with Crippen molar-refractivity contribution < 1.29 is 33.2 Å². The SMILES string of the molecule is CC(=O)OC1CC(C(=O)N[C@@H](C)c2ccc(-c3scnc3C)cc2)N(C(=O)C(NC(=O)COCCCCCN(c2ccc(-n3cnnc3)cc2)c2cc(-c3c(C)noc3C)ccc2C)C(C)(C)C)C1. The summed E-state index contributed by atoms with van der Waals surface area (Å²) in [6.45, 7) is 17.6. The van der Waals surface area contributed by atoms with E-state index in [-0.39, 0.29) is 31.5 Å². The number of esters is 1. The van der Waals surface area contributed by atoms with Crippen molar-refractivity contribution in [2.24, 2.45) is 5.41 Å². The highest BCUT2D eigenvalue weighted by Gasteiger charge is 2.46. The molecular formula is C52H63N9O7S. The number of anilines is 2. The fourth-order valence-electron chi connectivity index (χ4n) is 8.82. The van der Waals surface area contributed by atoms with E-state index in [2.05, 4.69) is 73.1 Å². The predicted molar refractivity (Wildman–Crippen MR) is 265 cm³/mol. The first-order valence-corrected chi connectivity index (χ1v) is 24.3. The van der Waals surface area contributed by atoms with Crippen LogP contribution in [0.4, 0.5) is 11.4 Å². The Kier molecular flexibility index (Phi) is 16.1. The summed E-state index contributed by atoms with van der Waals surface area (Å²) in [4.78, 5) is 63.1. The number of rotatable bonds is 19. The highest BCUT2D eigenvalue weighted by molar-refractivity contribution is 7.13. The summed E-state index contributed by atoms with van der Waals surface area (Å²) >= 11 is 1.57. The molecule has 0 aliphatic carbocycles. The van der Waals surface area contributed by atoms with Crippen LogP contribution in [-0.4, -0.2) is 98.0 Å². The molecule has 1 fully saturated rings. The van der Waals surface area contributed by atoms with E-state index >= 15 is 0 Å². The van der Waals surface area contributed by atoms with Crippen molar-refractivity contribution in [2.75, 3.05) is 31.2 Å². The van der Waals surface area contributed by atoms with Crippen molar-refractivity contribution in [2.45, 2.75) is 112 Å². The normalized spacial score (nSPS) is 15.7. The fraction of sp³-hybridized carbons (Fsp3) is 0.423. The smallest absolute Gasteiger partial charge is 0.302 e. The van der Waals surface area contributed by atoms with E-state index in [9.17, 15) is 19.2 Å². The molecule has 3 aromatic carbocycles. The van der Waals surface area contributed by atoms with Crippen LogP contribution in [0, 0.1) is 33.1 Å². The first-order chi connectivity index (χ1) is 33.0. The Bertz CT molecular complexity index is 2690. The number of unbranched alkanes of at least 4 members (excludes halogenated alkanes) is 2. The van der Waals surface area contributed by atoms with Crippen LogP contribution in [0.2, 0.25) is 0 Å². The van der Waals surface area contributed by atoms with Gasteiger partial charge < -0.3 is 34.4 Å². The summed E-state index contributed by atoms with van der Waals surface area (Å²) in [5.41, 5.74) is 11.0. The molecule has 4 heterocycles. The van der Waals surface area contributed by atoms with Gasteiger partial charge in [-0.25, -0.2) is 4.98 Å². The van der Waals surface area contributed by atoms with Crippen molar-refractivity contribution in [3.63, 3.8) is 0 Å². The number of hydrogen-bond donors (Lipinski definition) is 2. The molecule has 3 unspecified atom stereocenters. The summed E-state index contributed by atoms with van der Waals surface area (Å²) in [6, 6.07) is 20.4. The molecule has 1 saturated heterocycles. The van der Waals surface area contributed by atoms with Crippen LogP contribution < -0.4 is 15.5 Å². The second-order valence-corrected chi connectivity index (χ2v) is 19.7. The lowest BCUT2D eigenvalue weighted by molar-refractivity contribution is -0.147. The van der Waals surface area contributed by atoms with Crippen LogP contribution in [0.15, 0.2) is 89.4 Å². The number of ether oxygens (including phenoxy) is 2. The van der Waals surface area contributed by atoms with E-state index in [0.717, 1.165) is 86.3 Å². The fourth-order valence-corrected chi connectivity index (χ4v) is 9.63. The number of likely N-dealkylation sites (tertiary alicyclic amines) is 1. The Labute approximate surface area is 407 Å². The van der Waals surface area contributed by atoms with Gasteiger partial charge in [0.2, 0.25) is 17.7 Å². The second kappa shape index (κ2) is 22.1. The zero-order chi connectivity index (χ0) is 49.4. The summed E-state index contributed by atoms with van der Waals surface area (Å²) in [7, 11) is 0. The minimum absolute atomic E-state index is 0.0188. The lowest BCUT2D eigenvalue weighted by atomic mass is 9.85. The Balaban J connectivity index is 0.945. The van der Waals surface area contributed by atoms with E-state index in [0.29, 0.717) is 13.0 Å². The summed E-state index contributed by atoms with van der Waals surface area (Å²) in [5, 5.41) is 18.0. The number of carbonyl (C=O) groups is 4. The average Bonchev–Trinajstić information content (AvgIpc) is 4.15. The molecule has 1 aliphatic rings. The number of aryl methyl sites for hydroxylation is 4. The highest BCUT2D eigenvalue weighted by atomic mass is 32.1. The van der Waals surface area contributed by atoms with Gasteiger partial charge in [0.15, 0.2) is 0 Å². The van der Waals surface area contributed by atoms with Gasteiger partial charge in [-0.3, -0.25) is 23.7 Å². The Hall–Kier alpha value is -6.72. The van der Waals surface area contributed by atoms with Crippen molar-refractivity contribution in [1.29, 1.82) is 0 Å². The van der Waals surface area contributed by atoms with Crippen LogP contribution >= 0.6 is 11.3 Å². The zero-order valence-electron chi connectivity index (χ0n) is 40.9. The van der Waals surface area contributed by atoms with Gasteiger partial charge in [-0.1, -0.05) is 62.3 Å². The van der Waals surface area contributed by atoms with Gasteiger partial charge >= 0.3 is 5.97 Å². The molecule has 16 nitrogen and oxygen atoms in total. The van der Waals surface area contributed by atoms with Crippen LogP contribution in [0.1, 0.15) is 94.6 Å². The van der Waals surface area contributed by atoms with Gasteiger partial charge in [-0.05, 0) is 112 Å². The van der Waals surface area contributed by atoms with Crippen molar-refractivity contribution in [3.8, 4) is 27.3 Å². The third-order valence-electron chi connectivity index (χ3n) is 12.5. The molecule has 4 atom stereocenters. The first kappa shape index (κ1) is 50.2. The quantitative estimate of drug-likeness (QED) is 0.0583. The maximum atomic E-state index is 14.4. The molecule has 0 spiro atoms. The largest absolute Gasteiger partial charge is 0.461 e. The maximum absolute atomic E-state index is 14.4. The first-order valence-electron chi connectivity index (χ1n) is 23.4. The van der Waals surface area contributed by atoms with Crippen molar-refractivity contribution >= 4 is 46.4 Å². The van der Waals surface area contributed by atoms with Crippen molar-refractivity contribution in [1.82, 2.24) is 40.4 Å². The minimum Gasteiger partial charge on any atom is -0.461 e. The minimum atomic E-state index is -0.989. The molecule has 2 N–H and O–H groups in total. The second-order valence-electron chi connectivity index (χ2n) is 18.8. The number of hydrogen-bond acceptors (Lipinski definition) is 13. The van der Waals surface area contributed by atoms with Crippen LogP contribution in [-0.2, 0) is 28.7 Å². The van der Waals surface area contributed by atoms with Gasteiger partial charge in [0.25, 0.3) is 0 Å². The molecule has 7 rings (SSSR count). The van der Waals surface area contributed by atoms with Gasteiger partial charge in [-0.15, -0.1) is 21.5 Å². The number of nitrogens with one attached hydrogen (secondary N) is 2. The summed E-state index contributed by atoms with van der Waals surface area (Å²) < 4.78 is 18.8. The van der Waals surface area contributed by atoms with Crippen LogP contribution in [0.25, 0.3) is 27.3 Å². The molecule has 0 radical (unpaired) electrons. The average molecular weight is 958 g/mol. The lowest BCUT2D eigenvalue weighted by Crippen LogP contribution is -2.58. The summed E-state index contributed by atoms with van der Waals surface area (Å²) in [5.74, 6) is -0.992. The number of carbonyl (C=O) groups excluding carboxylic acids is 4. The lowest BCUT2D eigenvalue weighted by Gasteiger charge is -2.35. The van der Waals surface area contributed by atoms with Gasteiger partial charge in [0, 0.05) is 49.1 Å². The van der Waals surface area contributed by atoms with Gasteiger partial charge in [-0.2, -0.15) is 0 Å². The molecular weight excluding hydrogens is 895 g/mol. The number of thiazole rings is 1. The third kappa shape index (κ3) is 12.3. The number of nitrogens with zero attached hydrogens (tertiary/aromatic N) is 7. The molecule has 364 valence electrons. The molecule has 1 aliphatic heterocycles. The van der Waals surface area contributed by atoms with E-state index in [1.54, 1.807) is 24.0 Å². The van der Waals surface area contributed by atoms with E-state index in [1.165, 1.54) is 11.8 Å². The van der Waals surface area contributed by atoms with E-state index < -0.39 is 41.4 Å². The molecule has 17 heteroatoms. The van der Waals surface area contributed by atoms with Crippen LogP contribution in [0.3, 0.4) is 0 Å². The molecule has 0 saturated carbocycles. The standard InChI is InChI=1S/C52H63N9O7S/c1-32-13-14-40(47-34(3)58-68-36(47)5)25-44(32)60(42-21-19-41(20-22-42)59-29-54-55-30-59)23-11-10-12-24-66-28-46(63)57-49(52(7,8)9)51(65)61-27-43(67-37(6)62)26-45(61)50(64)56-33(2)38-15-17-39(18-16-38)48-35(4)53-31-69-48/h13-22,25,29-31,33,43,45,49H,10-12,23-24,26-28H2,1-9H3,(H,56,64)(H,57,63)/t33-,43?,45?,49?/m0/s1. The van der Waals surface area contributed by atoms with Gasteiger partial charge in [0.05, 0.1) is 34.4 Å². The molecule has 69 heavy (non-hydrogen) atoms. The number of aromatic nitrogens is 5. The maximum Gasteiger partial charge on any atom is 0.302 e. The Morgan fingerprint density at radius 3 is 2.25 bits per heavy atom. The Morgan fingerprint density at radius 1 is 0.899 bits per heavy atom. The van der Waals surface area contributed by atoms with Crippen molar-refractivity contribution in [3.05, 3.63) is 113 Å². The molecule has 3 aromatic heterocycles. The summed E-state index contributed by atoms with van der Waals surface area (Å²) in [6.07, 6.45) is 5.17. The predicted octanol–water partition coefficient (Wildman–Crippen LogP) is 8.55. The van der Waals surface area contributed by atoms with Crippen LogP contribution in [0.5, 0.6) is 0 Å². The number of benzene rings is 3. The third-order valence-corrected chi connectivity index (χ3v) is 13.5. The number of amides is 3. The topological polar surface area (TPSA) is 187 Å². The highest BCUT2D eigenvalue weighted by Crippen LogP contribution is 2.36. The van der Waals surface area contributed by atoms with Gasteiger partial charge in [0.1, 0.15) is 43.2 Å². The van der Waals surface area contributed by atoms with E-state index in [4.69, 9.17) is 14.0 Å². The molecule has 0 bridgehead atoms. The molecule has 3 amide bonds.